The normalized spacial score (nSPS) is 10.3. The lowest BCUT2D eigenvalue weighted by Crippen LogP contribution is -2.24. The van der Waals surface area contributed by atoms with E-state index in [2.05, 4.69) is 9.97 Å². The standard InChI is InChI=1S/C14H17N3O2/c1-4-17(2)12-7-11(9-16-14(12)18)10-5-6-15-13(8-10)19-3/h5-9H,4H2,1-3H3,(H,16,18). The van der Waals surface area contributed by atoms with E-state index >= 15 is 0 Å². The first kappa shape index (κ1) is 13.1. The summed E-state index contributed by atoms with van der Waals surface area (Å²) in [6.07, 6.45) is 3.38. The van der Waals surface area contributed by atoms with Crippen LogP contribution < -0.4 is 15.2 Å². The Morgan fingerprint density at radius 1 is 1.37 bits per heavy atom. The summed E-state index contributed by atoms with van der Waals surface area (Å²) in [5, 5.41) is 0. The largest absolute Gasteiger partial charge is 0.481 e. The van der Waals surface area contributed by atoms with Crippen LogP contribution in [0, 0.1) is 0 Å². The summed E-state index contributed by atoms with van der Waals surface area (Å²) >= 11 is 0. The van der Waals surface area contributed by atoms with Crippen molar-refractivity contribution < 1.29 is 4.74 Å². The Bertz CT molecular complexity index is 622. The van der Waals surface area contributed by atoms with Crippen LogP contribution in [0.3, 0.4) is 0 Å². The fraction of sp³-hybridized carbons (Fsp3) is 0.286. The first-order valence-electron chi connectivity index (χ1n) is 6.10. The van der Waals surface area contributed by atoms with Gasteiger partial charge in [-0.1, -0.05) is 0 Å². The predicted molar refractivity (Wildman–Crippen MR) is 75.8 cm³/mol. The predicted octanol–water partition coefficient (Wildman–Crippen LogP) is 1.90. The number of H-pyrrole nitrogens is 1. The molecule has 100 valence electrons. The molecule has 0 spiro atoms. The molecule has 0 unspecified atom stereocenters. The molecule has 2 aromatic heterocycles. The number of nitrogens with zero attached hydrogens (tertiary/aromatic N) is 2. The molecule has 0 saturated carbocycles. The van der Waals surface area contributed by atoms with Crippen molar-refractivity contribution in [1.82, 2.24) is 9.97 Å². The van der Waals surface area contributed by atoms with Gasteiger partial charge in [0.15, 0.2) is 0 Å². The molecule has 0 aromatic carbocycles. The van der Waals surface area contributed by atoms with Crippen molar-refractivity contribution in [2.45, 2.75) is 6.92 Å². The second kappa shape index (κ2) is 5.56. The third-order valence-electron chi connectivity index (χ3n) is 3.05. The second-order valence-electron chi connectivity index (χ2n) is 4.20. The third kappa shape index (κ3) is 2.76. The van der Waals surface area contributed by atoms with Gasteiger partial charge in [-0.15, -0.1) is 0 Å². The number of aromatic amines is 1. The number of nitrogens with one attached hydrogen (secondary N) is 1. The molecule has 2 rings (SSSR count). The van der Waals surface area contributed by atoms with E-state index in [0.717, 1.165) is 17.7 Å². The second-order valence-corrected chi connectivity index (χ2v) is 4.20. The van der Waals surface area contributed by atoms with Gasteiger partial charge in [-0.2, -0.15) is 0 Å². The van der Waals surface area contributed by atoms with Crippen LogP contribution >= 0.6 is 0 Å². The van der Waals surface area contributed by atoms with E-state index in [1.807, 2.05) is 37.1 Å². The Balaban J connectivity index is 2.48. The Morgan fingerprint density at radius 2 is 2.16 bits per heavy atom. The highest BCUT2D eigenvalue weighted by Gasteiger charge is 2.07. The summed E-state index contributed by atoms with van der Waals surface area (Å²) in [6, 6.07) is 5.59. The number of rotatable bonds is 4. The maximum atomic E-state index is 11.8. The molecule has 0 aliphatic rings. The van der Waals surface area contributed by atoms with Crippen molar-refractivity contribution in [3.05, 3.63) is 40.9 Å². The summed E-state index contributed by atoms with van der Waals surface area (Å²) in [4.78, 5) is 20.5. The van der Waals surface area contributed by atoms with Crippen LogP contribution in [0.25, 0.3) is 11.1 Å². The molecule has 0 atom stereocenters. The van der Waals surface area contributed by atoms with Gasteiger partial charge in [-0.3, -0.25) is 4.79 Å². The molecule has 5 nitrogen and oxygen atoms in total. The fourth-order valence-electron chi connectivity index (χ4n) is 1.79. The zero-order valence-electron chi connectivity index (χ0n) is 11.3. The van der Waals surface area contributed by atoms with Crippen molar-refractivity contribution in [2.24, 2.45) is 0 Å². The average molecular weight is 259 g/mol. The van der Waals surface area contributed by atoms with Crippen LogP contribution in [-0.4, -0.2) is 30.7 Å². The molecule has 0 saturated heterocycles. The lowest BCUT2D eigenvalue weighted by atomic mass is 10.1. The number of methoxy groups -OCH3 is 1. The Hall–Kier alpha value is -2.30. The number of aromatic nitrogens is 2. The van der Waals surface area contributed by atoms with E-state index in [1.54, 1.807) is 19.5 Å². The molecular weight excluding hydrogens is 242 g/mol. The fourth-order valence-corrected chi connectivity index (χ4v) is 1.79. The summed E-state index contributed by atoms with van der Waals surface area (Å²) in [6.45, 7) is 2.77. The molecule has 5 heteroatoms. The van der Waals surface area contributed by atoms with E-state index in [4.69, 9.17) is 4.74 Å². The molecule has 19 heavy (non-hydrogen) atoms. The topological polar surface area (TPSA) is 58.2 Å². The van der Waals surface area contributed by atoms with E-state index in [0.29, 0.717) is 11.6 Å². The Labute approximate surface area is 111 Å². The lowest BCUT2D eigenvalue weighted by Gasteiger charge is -2.16. The number of hydrogen-bond acceptors (Lipinski definition) is 4. The van der Waals surface area contributed by atoms with Gasteiger partial charge in [-0.25, -0.2) is 4.98 Å². The maximum Gasteiger partial charge on any atom is 0.271 e. The minimum absolute atomic E-state index is 0.0888. The summed E-state index contributed by atoms with van der Waals surface area (Å²) in [5.41, 5.74) is 2.44. The van der Waals surface area contributed by atoms with Crippen LogP contribution in [-0.2, 0) is 0 Å². The van der Waals surface area contributed by atoms with E-state index in [1.165, 1.54) is 0 Å². The van der Waals surface area contributed by atoms with Crippen molar-refractivity contribution in [3.63, 3.8) is 0 Å². The van der Waals surface area contributed by atoms with Crippen molar-refractivity contribution in [2.75, 3.05) is 25.6 Å². The molecule has 0 bridgehead atoms. The highest BCUT2D eigenvalue weighted by molar-refractivity contribution is 5.67. The monoisotopic (exact) mass is 259 g/mol. The van der Waals surface area contributed by atoms with Gasteiger partial charge in [0.25, 0.3) is 5.56 Å². The highest BCUT2D eigenvalue weighted by atomic mass is 16.5. The Kier molecular flexibility index (Phi) is 3.85. The Morgan fingerprint density at radius 3 is 2.84 bits per heavy atom. The molecule has 0 aliphatic heterocycles. The number of anilines is 1. The van der Waals surface area contributed by atoms with Crippen LogP contribution in [0.1, 0.15) is 6.92 Å². The minimum Gasteiger partial charge on any atom is -0.481 e. The smallest absolute Gasteiger partial charge is 0.271 e. The average Bonchev–Trinajstić information content (AvgIpc) is 2.47. The van der Waals surface area contributed by atoms with Crippen molar-refractivity contribution in [1.29, 1.82) is 0 Å². The van der Waals surface area contributed by atoms with E-state index < -0.39 is 0 Å². The first-order valence-corrected chi connectivity index (χ1v) is 6.10. The number of hydrogen-bond donors (Lipinski definition) is 1. The van der Waals surface area contributed by atoms with Gasteiger partial charge in [0, 0.05) is 37.6 Å². The molecular formula is C14H17N3O2. The molecule has 0 radical (unpaired) electrons. The molecule has 0 aliphatic carbocycles. The molecule has 1 N–H and O–H groups in total. The zero-order valence-corrected chi connectivity index (χ0v) is 11.3. The van der Waals surface area contributed by atoms with Crippen LogP contribution in [0.5, 0.6) is 5.88 Å². The summed E-state index contributed by atoms with van der Waals surface area (Å²) < 4.78 is 5.11. The van der Waals surface area contributed by atoms with Gasteiger partial charge in [0.1, 0.15) is 5.69 Å². The summed E-state index contributed by atoms with van der Waals surface area (Å²) in [7, 11) is 3.47. The van der Waals surface area contributed by atoms with Gasteiger partial charge in [-0.05, 0) is 24.6 Å². The van der Waals surface area contributed by atoms with Crippen LogP contribution in [0.15, 0.2) is 35.4 Å². The van der Waals surface area contributed by atoms with Gasteiger partial charge >= 0.3 is 0 Å². The van der Waals surface area contributed by atoms with Crippen molar-refractivity contribution in [3.8, 4) is 17.0 Å². The third-order valence-corrected chi connectivity index (χ3v) is 3.05. The summed E-state index contributed by atoms with van der Waals surface area (Å²) in [5.74, 6) is 0.550. The van der Waals surface area contributed by atoms with Gasteiger partial charge in [0.2, 0.25) is 5.88 Å². The lowest BCUT2D eigenvalue weighted by molar-refractivity contribution is 0.398. The van der Waals surface area contributed by atoms with E-state index in [9.17, 15) is 4.79 Å². The van der Waals surface area contributed by atoms with Gasteiger partial charge in [0.05, 0.1) is 7.11 Å². The molecule has 0 amide bonds. The van der Waals surface area contributed by atoms with Crippen LogP contribution in [0.4, 0.5) is 5.69 Å². The van der Waals surface area contributed by atoms with Crippen LogP contribution in [0.2, 0.25) is 0 Å². The maximum absolute atomic E-state index is 11.8. The molecule has 2 aromatic rings. The van der Waals surface area contributed by atoms with Gasteiger partial charge < -0.3 is 14.6 Å². The molecule has 0 fully saturated rings. The van der Waals surface area contributed by atoms with E-state index in [-0.39, 0.29) is 5.56 Å². The highest BCUT2D eigenvalue weighted by Crippen LogP contribution is 2.23. The number of pyridine rings is 2. The first-order chi connectivity index (χ1) is 9.15. The quantitative estimate of drug-likeness (QED) is 0.911. The molecule has 2 heterocycles. The minimum atomic E-state index is -0.0888. The number of ether oxygens (including phenoxy) is 1. The SMILES string of the molecule is CCN(C)c1cc(-c2ccnc(OC)c2)c[nH]c1=O. The zero-order chi connectivity index (χ0) is 13.8. The van der Waals surface area contributed by atoms with Crippen molar-refractivity contribution >= 4 is 5.69 Å².